The van der Waals surface area contributed by atoms with Crippen molar-refractivity contribution in [1.82, 2.24) is 9.78 Å². The van der Waals surface area contributed by atoms with E-state index in [9.17, 15) is 4.79 Å². The monoisotopic (exact) mass is 283 g/mol. The number of nitrogens with one attached hydrogen (secondary N) is 1. The van der Waals surface area contributed by atoms with E-state index in [1.54, 1.807) is 6.20 Å². The Morgan fingerprint density at radius 1 is 1.47 bits per heavy atom. The molecule has 19 heavy (non-hydrogen) atoms. The van der Waals surface area contributed by atoms with Crippen molar-refractivity contribution in [2.45, 2.75) is 59.0 Å². The van der Waals surface area contributed by atoms with Gasteiger partial charge in [-0.3, -0.25) is 4.79 Å². The summed E-state index contributed by atoms with van der Waals surface area (Å²) >= 11 is 6.12. The van der Waals surface area contributed by atoms with Crippen molar-refractivity contribution < 1.29 is 0 Å². The minimum Gasteiger partial charge on any atom is -0.380 e. The first-order valence-corrected chi connectivity index (χ1v) is 7.33. The molecule has 1 saturated carbocycles. The number of hydrogen-bond donors (Lipinski definition) is 1. The highest BCUT2D eigenvalue weighted by Crippen LogP contribution is 2.36. The van der Waals surface area contributed by atoms with Gasteiger partial charge in [-0.2, -0.15) is 5.10 Å². The highest BCUT2D eigenvalue weighted by atomic mass is 35.5. The molecule has 0 spiro atoms. The van der Waals surface area contributed by atoms with Crippen LogP contribution in [-0.4, -0.2) is 15.8 Å². The van der Waals surface area contributed by atoms with Gasteiger partial charge in [-0.25, -0.2) is 4.68 Å². The van der Waals surface area contributed by atoms with Gasteiger partial charge in [0.2, 0.25) is 0 Å². The third-order valence-electron chi connectivity index (χ3n) is 3.98. The molecule has 4 nitrogen and oxygen atoms in total. The van der Waals surface area contributed by atoms with E-state index in [-0.39, 0.29) is 10.6 Å². The third kappa shape index (κ3) is 3.30. The Hall–Kier alpha value is -1.03. The Morgan fingerprint density at radius 3 is 2.68 bits per heavy atom. The molecule has 1 aliphatic rings. The maximum absolute atomic E-state index is 11.9. The van der Waals surface area contributed by atoms with Gasteiger partial charge in [-0.05, 0) is 38.0 Å². The van der Waals surface area contributed by atoms with Crippen molar-refractivity contribution in [3.63, 3.8) is 0 Å². The second kappa shape index (κ2) is 5.53. The molecule has 0 aromatic carbocycles. The largest absolute Gasteiger partial charge is 0.380 e. The van der Waals surface area contributed by atoms with Crippen LogP contribution in [0.15, 0.2) is 11.0 Å². The molecule has 2 rings (SSSR count). The molecule has 1 fully saturated rings. The lowest BCUT2D eigenvalue weighted by Gasteiger charge is -2.35. The molecule has 5 heteroatoms. The van der Waals surface area contributed by atoms with Crippen LogP contribution in [0.25, 0.3) is 0 Å². The molecular formula is C14H22ClN3O. The SMILES string of the molecule is CCn1ncc(NC2CCC(C)(C)CC2)c(Cl)c1=O. The molecule has 0 amide bonds. The highest BCUT2D eigenvalue weighted by molar-refractivity contribution is 6.32. The predicted octanol–water partition coefficient (Wildman–Crippen LogP) is 3.30. The van der Waals surface area contributed by atoms with Gasteiger partial charge in [-0.15, -0.1) is 0 Å². The molecular weight excluding hydrogens is 262 g/mol. The first-order valence-electron chi connectivity index (χ1n) is 6.95. The van der Waals surface area contributed by atoms with Gasteiger partial charge in [0.25, 0.3) is 5.56 Å². The highest BCUT2D eigenvalue weighted by Gasteiger charge is 2.27. The maximum Gasteiger partial charge on any atom is 0.287 e. The molecule has 1 aromatic heterocycles. The van der Waals surface area contributed by atoms with E-state index < -0.39 is 0 Å². The zero-order valence-electron chi connectivity index (χ0n) is 11.9. The fraction of sp³-hybridized carbons (Fsp3) is 0.714. The second-order valence-electron chi connectivity index (χ2n) is 6.08. The van der Waals surface area contributed by atoms with E-state index in [0.29, 0.717) is 23.7 Å². The van der Waals surface area contributed by atoms with Crippen LogP contribution in [0.3, 0.4) is 0 Å². The molecule has 1 aliphatic carbocycles. The summed E-state index contributed by atoms with van der Waals surface area (Å²) in [4.78, 5) is 11.9. The zero-order valence-corrected chi connectivity index (χ0v) is 12.6. The van der Waals surface area contributed by atoms with Crippen LogP contribution in [0, 0.1) is 5.41 Å². The van der Waals surface area contributed by atoms with Crippen LogP contribution in [0.5, 0.6) is 0 Å². The summed E-state index contributed by atoms with van der Waals surface area (Å²) in [7, 11) is 0. The minimum absolute atomic E-state index is 0.217. The number of halogens is 1. The van der Waals surface area contributed by atoms with E-state index in [1.165, 1.54) is 17.5 Å². The van der Waals surface area contributed by atoms with Crippen LogP contribution in [-0.2, 0) is 6.54 Å². The molecule has 0 unspecified atom stereocenters. The molecule has 1 heterocycles. The second-order valence-corrected chi connectivity index (χ2v) is 6.45. The molecule has 0 aliphatic heterocycles. The Morgan fingerprint density at radius 2 is 2.11 bits per heavy atom. The Balaban J connectivity index is 2.09. The summed E-state index contributed by atoms with van der Waals surface area (Å²) in [5.74, 6) is 0. The number of aryl methyl sites for hydroxylation is 1. The summed E-state index contributed by atoms with van der Waals surface area (Å²) in [5.41, 5.74) is 0.887. The number of anilines is 1. The van der Waals surface area contributed by atoms with Crippen molar-refractivity contribution in [2.75, 3.05) is 5.32 Å². The lowest BCUT2D eigenvalue weighted by atomic mass is 9.75. The third-order valence-corrected chi connectivity index (χ3v) is 4.35. The van der Waals surface area contributed by atoms with Gasteiger partial charge in [0, 0.05) is 12.6 Å². The Kier molecular flexibility index (Phi) is 4.19. The Bertz CT molecular complexity index is 500. The van der Waals surface area contributed by atoms with Crippen molar-refractivity contribution in [3.05, 3.63) is 21.6 Å². The first-order chi connectivity index (χ1) is 8.93. The van der Waals surface area contributed by atoms with Crippen LogP contribution < -0.4 is 10.9 Å². The summed E-state index contributed by atoms with van der Waals surface area (Å²) in [6.45, 7) is 7.03. The molecule has 0 bridgehead atoms. The van der Waals surface area contributed by atoms with E-state index in [1.807, 2.05) is 6.92 Å². The number of aromatic nitrogens is 2. The van der Waals surface area contributed by atoms with E-state index in [0.717, 1.165) is 12.8 Å². The van der Waals surface area contributed by atoms with Gasteiger partial charge in [0.1, 0.15) is 5.02 Å². The standard InChI is InChI=1S/C14H22ClN3O/c1-4-18-13(19)12(15)11(9-16-18)17-10-5-7-14(2,3)8-6-10/h9-10,17H,4-8H2,1-3H3. The fourth-order valence-electron chi connectivity index (χ4n) is 2.55. The predicted molar refractivity (Wildman–Crippen MR) is 78.8 cm³/mol. The van der Waals surface area contributed by atoms with Gasteiger partial charge in [-0.1, -0.05) is 25.4 Å². The summed E-state index contributed by atoms with van der Waals surface area (Å²) < 4.78 is 1.37. The fourth-order valence-corrected chi connectivity index (χ4v) is 2.76. The number of rotatable bonds is 3. The lowest BCUT2D eigenvalue weighted by molar-refractivity contribution is 0.232. The summed E-state index contributed by atoms with van der Waals surface area (Å²) in [6.07, 6.45) is 6.27. The van der Waals surface area contributed by atoms with Crippen molar-refractivity contribution in [1.29, 1.82) is 0 Å². The van der Waals surface area contributed by atoms with Crippen LogP contribution in [0.4, 0.5) is 5.69 Å². The first kappa shape index (κ1) is 14.4. The summed E-state index contributed by atoms with van der Waals surface area (Å²) in [5, 5.41) is 7.73. The normalized spacial score (nSPS) is 19.4. The van der Waals surface area contributed by atoms with Crippen LogP contribution >= 0.6 is 11.6 Å². The molecule has 1 N–H and O–H groups in total. The summed E-state index contributed by atoms with van der Waals surface area (Å²) in [6, 6.07) is 0.393. The topological polar surface area (TPSA) is 46.9 Å². The Labute approximate surface area is 119 Å². The number of nitrogens with zero attached hydrogens (tertiary/aromatic N) is 2. The molecule has 1 aromatic rings. The van der Waals surface area contributed by atoms with Gasteiger partial charge in [0.15, 0.2) is 0 Å². The van der Waals surface area contributed by atoms with E-state index in [4.69, 9.17) is 11.6 Å². The van der Waals surface area contributed by atoms with Crippen LogP contribution in [0.2, 0.25) is 5.02 Å². The smallest absolute Gasteiger partial charge is 0.287 e. The quantitative estimate of drug-likeness (QED) is 0.926. The number of hydrogen-bond acceptors (Lipinski definition) is 3. The van der Waals surface area contributed by atoms with Crippen molar-refractivity contribution in [2.24, 2.45) is 5.41 Å². The molecule has 106 valence electrons. The average Bonchev–Trinajstić information content (AvgIpc) is 2.37. The van der Waals surface area contributed by atoms with E-state index >= 15 is 0 Å². The average molecular weight is 284 g/mol. The van der Waals surface area contributed by atoms with Gasteiger partial charge < -0.3 is 5.32 Å². The van der Waals surface area contributed by atoms with Gasteiger partial charge in [0.05, 0.1) is 11.9 Å². The molecule has 0 saturated heterocycles. The van der Waals surface area contributed by atoms with Crippen LogP contribution in [0.1, 0.15) is 46.5 Å². The maximum atomic E-state index is 11.9. The van der Waals surface area contributed by atoms with Crippen molar-refractivity contribution in [3.8, 4) is 0 Å². The van der Waals surface area contributed by atoms with Crippen molar-refractivity contribution >= 4 is 17.3 Å². The lowest BCUT2D eigenvalue weighted by Crippen LogP contribution is -2.31. The van der Waals surface area contributed by atoms with Gasteiger partial charge >= 0.3 is 0 Å². The molecule has 0 radical (unpaired) electrons. The molecule has 0 atom stereocenters. The zero-order chi connectivity index (χ0) is 14.0. The minimum atomic E-state index is -0.217. The van der Waals surface area contributed by atoms with E-state index in [2.05, 4.69) is 24.3 Å².